The summed E-state index contributed by atoms with van der Waals surface area (Å²) in [6.45, 7) is 0. The van der Waals surface area contributed by atoms with Crippen LogP contribution in [0.15, 0.2) is 59.6 Å². The predicted molar refractivity (Wildman–Crippen MR) is 103 cm³/mol. The van der Waals surface area contributed by atoms with Gasteiger partial charge in [-0.3, -0.25) is 4.57 Å². The van der Waals surface area contributed by atoms with E-state index in [9.17, 15) is 13.2 Å². The van der Waals surface area contributed by atoms with Crippen molar-refractivity contribution in [2.45, 2.75) is 5.75 Å². The van der Waals surface area contributed by atoms with Crippen LogP contribution in [-0.4, -0.2) is 25.0 Å². The van der Waals surface area contributed by atoms with Gasteiger partial charge in [0.1, 0.15) is 10.9 Å². The number of benzene rings is 2. The molecule has 8 nitrogen and oxygen atoms in total. The molecule has 0 atom stereocenters. The Morgan fingerprint density at radius 3 is 2.37 bits per heavy atom. The number of nitrogens with zero attached hydrogens (tertiary/aromatic N) is 2. The number of carbonyl (C=O) groups is 1. The van der Waals surface area contributed by atoms with Crippen molar-refractivity contribution in [3.63, 3.8) is 0 Å². The minimum Gasteiger partial charge on any atom is -0.370 e. The minimum atomic E-state index is -4.33. The molecule has 0 saturated carbocycles. The fourth-order valence-electron chi connectivity index (χ4n) is 2.68. The van der Waals surface area contributed by atoms with Gasteiger partial charge in [-0.25, -0.2) is 4.79 Å². The van der Waals surface area contributed by atoms with Crippen LogP contribution in [0.2, 0.25) is 5.15 Å². The average Bonchev–Trinajstić information content (AvgIpc) is 2.86. The summed E-state index contributed by atoms with van der Waals surface area (Å²) in [5, 5.41) is 0.816. The lowest BCUT2D eigenvalue weighted by molar-refractivity contribution is 0.213. The molecule has 2 aromatic carbocycles. The molecule has 27 heavy (non-hydrogen) atoms. The van der Waals surface area contributed by atoms with Crippen molar-refractivity contribution in [3.05, 3.63) is 65.3 Å². The van der Waals surface area contributed by atoms with Crippen LogP contribution in [0.3, 0.4) is 0 Å². The second kappa shape index (κ2) is 7.29. The quantitative estimate of drug-likeness (QED) is 0.389. The van der Waals surface area contributed by atoms with Crippen molar-refractivity contribution in [1.29, 1.82) is 0 Å². The van der Waals surface area contributed by atoms with Gasteiger partial charge >= 0.3 is 16.2 Å². The van der Waals surface area contributed by atoms with Gasteiger partial charge in [-0.05, 0) is 18.2 Å². The number of carbonyl (C=O) groups excluding carboxylic acids is 1. The fraction of sp³-hybridized carbons (Fsp3) is 0.0588. The second-order valence-corrected chi connectivity index (χ2v) is 7.47. The minimum absolute atomic E-state index is 0.198. The van der Waals surface area contributed by atoms with Crippen LogP contribution in [-0.2, 0) is 20.1 Å². The summed E-state index contributed by atoms with van der Waals surface area (Å²) in [7, 11) is -4.33. The van der Waals surface area contributed by atoms with Crippen LogP contribution in [0.1, 0.15) is 5.56 Å². The van der Waals surface area contributed by atoms with Crippen LogP contribution in [0.4, 0.5) is 4.79 Å². The van der Waals surface area contributed by atoms with Gasteiger partial charge in [0.2, 0.25) is 0 Å². The van der Waals surface area contributed by atoms with E-state index >= 15 is 0 Å². The number of guanidine groups is 1. The lowest BCUT2D eigenvalue weighted by Crippen LogP contribution is -2.25. The highest BCUT2D eigenvalue weighted by atomic mass is 35.5. The molecule has 1 aromatic heterocycles. The Balaban J connectivity index is 2.07. The molecule has 140 valence electrons. The van der Waals surface area contributed by atoms with Crippen LogP contribution in [0, 0.1) is 0 Å². The van der Waals surface area contributed by atoms with E-state index in [0.717, 1.165) is 11.2 Å². The van der Waals surface area contributed by atoms with Crippen molar-refractivity contribution in [3.8, 4) is 5.69 Å². The van der Waals surface area contributed by atoms with E-state index in [1.54, 1.807) is 16.7 Å². The summed E-state index contributed by atoms with van der Waals surface area (Å²) in [6.07, 6.45) is -1.42. The Hall–Kier alpha value is -3.04. The van der Waals surface area contributed by atoms with Crippen molar-refractivity contribution in [1.82, 2.24) is 4.57 Å². The highest BCUT2D eigenvalue weighted by Gasteiger charge is 2.25. The molecule has 10 heteroatoms. The Morgan fingerprint density at radius 2 is 1.70 bits per heavy atom. The third kappa shape index (κ3) is 4.04. The molecule has 0 aliphatic heterocycles. The number of aromatic nitrogens is 1. The van der Waals surface area contributed by atoms with Gasteiger partial charge in [-0.15, -0.1) is 4.99 Å². The lowest BCUT2D eigenvalue weighted by Gasteiger charge is -2.07. The molecule has 0 bridgehead atoms. The molecule has 0 saturated heterocycles. The van der Waals surface area contributed by atoms with Crippen LogP contribution in [0.5, 0.6) is 0 Å². The molecular weight excluding hydrogens is 392 g/mol. The number of halogens is 1. The van der Waals surface area contributed by atoms with E-state index in [1.807, 2.05) is 42.5 Å². The predicted octanol–water partition coefficient (Wildman–Crippen LogP) is 2.52. The van der Waals surface area contributed by atoms with Crippen LogP contribution >= 0.6 is 11.6 Å². The summed E-state index contributed by atoms with van der Waals surface area (Å²) >= 11 is 6.50. The first kappa shape index (κ1) is 18.7. The molecule has 0 spiro atoms. The summed E-state index contributed by atoms with van der Waals surface area (Å²) in [5.74, 6) is -1.23. The number of amides is 1. The topological polar surface area (TPSA) is 130 Å². The summed E-state index contributed by atoms with van der Waals surface area (Å²) in [6, 6.07) is 16.4. The molecule has 0 radical (unpaired) electrons. The van der Waals surface area contributed by atoms with E-state index < -0.39 is 27.9 Å². The third-order valence-electron chi connectivity index (χ3n) is 3.67. The molecule has 3 rings (SSSR count). The van der Waals surface area contributed by atoms with Gasteiger partial charge in [-0.2, -0.15) is 8.42 Å². The maximum Gasteiger partial charge on any atom is 0.452 e. The van der Waals surface area contributed by atoms with Crippen LogP contribution in [0.25, 0.3) is 16.6 Å². The molecule has 0 aliphatic rings. The van der Waals surface area contributed by atoms with E-state index in [4.69, 9.17) is 23.1 Å². The molecular formula is C17H15ClN4O4S. The average molecular weight is 407 g/mol. The zero-order valence-corrected chi connectivity index (χ0v) is 15.4. The van der Waals surface area contributed by atoms with Gasteiger partial charge in [0, 0.05) is 16.6 Å². The zero-order valence-electron chi connectivity index (χ0n) is 13.9. The van der Waals surface area contributed by atoms with E-state index in [-0.39, 0.29) is 5.15 Å². The number of fused-ring (bicyclic) bond motifs is 1. The molecule has 4 N–H and O–H groups in total. The van der Waals surface area contributed by atoms with Gasteiger partial charge in [-0.1, -0.05) is 48.0 Å². The first-order chi connectivity index (χ1) is 12.8. The maximum atomic E-state index is 12.3. The highest BCUT2D eigenvalue weighted by molar-refractivity contribution is 7.86. The number of aliphatic imine (C=N–C) groups is 1. The standard InChI is InChI=1S/C17H15ClN4O4S/c18-15-13(10-27(24,25)26-17(23)21-16(19)20)12-8-4-5-9-14(12)22(15)11-6-2-1-3-7-11/h1-9H,10H2,(H4,19,20,21,23). The molecule has 0 fully saturated rings. The van der Waals surface area contributed by atoms with Crippen LogP contribution < -0.4 is 11.5 Å². The normalized spacial score (nSPS) is 11.3. The van der Waals surface area contributed by atoms with Gasteiger partial charge in [0.15, 0.2) is 5.96 Å². The Morgan fingerprint density at radius 1 is 1.07 bits per heavy atom. The molecule has 0 unspecified atom stereocenters. The third-order valence-corrected chi connectivity index (χ3v) is 5.11. The second-order valence-electron chi connectivity index (χ2n) is 5.55. The van der Waals surface area contributed by atoms with Crippen molar-refractivity contribution < 1.29 is 17.4 Å². The first-order valence-electron chi connectivity index (χ1n) is 7.67. The lowest BCUT2D eigenvalue weighted by atomic mass is 10.2. The highest BCUT2D eigenvalue weighted by Crippen LogP contribution is 2.34. The van der Waals surface area contributed by atoms with E-state index in [1.165, 1.54) is 0 Å². The number of nitrogens with two attached hydrogens (primary N) is 2. The smallest absolute Gasteiger partial charge is 0.370 e. The monoisotopic (exact) mass is 406 g/mol. The van der Waals surface area contributed by atoms with Crippen molar-refractivity contribution >= 4 is 44.7 Å². The summed E-state index contributed by atoms with van der Waals surface area (Å²) in [5.41, 5.74) is 11.9. The maximum absolute atomic E-state index is 12.3. The number of hydrogen-bond donors (Lipinski definition) is 2. The summed E-state index contributed by atoms with van der Waals surface area (Å²) < 4.78 is 30.7. The van der Waals surface area contributed by atoms with Gasteiger partial charge < -0.3 is 15.7 Å². The Kier molecular flexibility index (Phi) is 5.06. The Bertz CT molecular complexity index is 1140. The van der Waals surface area contributed by atoms with Gasteiger partial charge in [0.25, 0.3) is 0 Å². The summed E-state index contributed by atoms with van der Waals surface area (Å²) in [4.78, 5) is 14.5. The number of rotatable bonds is 4. The van der Waals surface area contributed by atoms with Crippen molar-refractivity contribution in [2.24, 2.45) is 16.5 Å². The first-order valence-corrected chi connectivity index (χ1v) is 9.63. The van der Waals surface area contributed by atoms with Gasteiger partial charge in [0.05, 0.1) is 5.52 Å². The molecule has 1 amide bonds. The SMILES string of the molecule is NC(N)=NC(=O)OS(=O)(=O)Cc1c(Cl)n(-c2ccccc2)c2ccccc12. The number of hydrogen-bond acceptors (Lipinski definition) is 4. The van der Waals surface area contributed by atoms with Crippen molar-refractivity contribution in [2.75, 3.05) is 0 Å². The molecule has 1 heterocycles. The van der Waals surface area contributed by atoms with E-state index in [0.29, 0.717) is 10.9 Å². The molecule has 3 aromatic rings. The fourth-order valence-corrected chi connectivity index (χ4v) is 4.08. The van der Waals surface area contributed by atoms with E-state index in [2.05, 4.69) is 9.18 Å². The molecule has 0 aliphatic carbocycles. The zero-order chi connectivity index (χ0) is 19.6. The Labute approximate surface area is 160 Å². The largest absolute Gasteiger partial charge is 0.452 e. The number of para-hydroxylation sites is 2.